The van der Waals surface area contributed by atoms with E-state index in [9.17, 15) is 9.90 Å². The summed E-state index contributed by atoms with van der Waals surface area (Å²) in [7, 11) is 4.66. The van der Waals surface area contributed by atoms with Crippen molar-refractivity contribution in [1.29, 1.82) is 0 Å². The highest BCUT2D eigenvalue weighted by atomic mass is 16.5. The monoisotopic (exact) mass is 308 g/mol. The molecule has 0 heterocycles. The summed E-state index contributed by atoms with van der Waals surface area (Å²) in [6, 6.07) is 0. The van der Waals surface area contributed by atoms with Crippen LogP contribution in [0.2, 0.25) is 0 Å². The van der Waals surface area contributed by atoms with Crippen LogP contribution < -0.4 is 9.47 Å². The first-order chi connectivity index (χ1) is 10.4. The van der Waals surface area contributed by atoms with E-state index in [1.54, 1.807) is 14.2 Å². The lowest BCUT2D eigenvalue weighted by Gasteiger charge is -2.19. The van der Waals surface area contributed by atoms with Gasteiger partial charge in [0.25, 0.3) is 0 Å². The van der Waals surface area contributed by atoms with E-state index in [2.05, 4.69) is 0 Å². The molecule has 0 spiro atoms. The van der Waals surface area contributed by atoms with Crippen molar-refractivity contribution >= 4 is 5.97 Å². The first-order valence-electron chi connectivity index (χ1n) is 7.38. The number of hydrogen-bond donors (Lipinski definition) is 1. The zero-order valence-electron chi connectivity index (χ0n) is 13.9. The summed E-state index contributed by atoms with van der Waals surface area (Å²) in [5, 5.41) is 9.33. The summed E-state index contributed by atoms with van der Waals surface area (Å²) in [6.07, 6.45) is 1.61. The maximum absolute atomic E-state index is 12.2. The fourth-order valence-electron chi connectivity index (χ4n) is 3.53. The quantitative estimate of drug-likeness (QED) is 0.841. The van der Waals surface area contributed by atoms with Crippen molar-refractivity contribution < 1.29 is 24.1 Å². The van der Waals surface area contributed by atoms with E-state index < -0.39 is 5.41 Å². The van der Waals surface area contributed by atoms with Crippen LogP contribution in [0.5, 0.6) is 11.5 Å². The van der Waals surface area contributed by atoms with Gasteiger partial charge in [0.1, 0.15) is 11.5 Å². The molecule has 1 aromatic rings. The molecule has 0 fully saturated rings. The molecule has 0 saturated carbocycles. The second-order valence-electron chi connectivity index (χ2n) is 6.01. The molecule has 1 aliphatic carbocycles. The number of carbonyl (C=O) groups excluding carboxylic acids is 1. The number of hydrogen-bond acceptors (Lipinski definition) is 5. The van der Waals surface area contributed by atoms with Crippen LogP contribution in [0.3, 0.4) is 0 Å². The molecule has 5 nitrogen and oxygen atoms in total. The summed E-state index contributed by atoms with van der Waals surface area (Å²) in [6.45, 7) is 3.90. The van der Waals surface area contributed by atoms with Crippen LogP contribution in [0, 0.1) is 12.3 Å². The molecule has 0 unspecified atom stereocenters. The van der Waals surface area contributed by atoms with E-state index in [0.717, 1.165) is 33.8 Å². The number of ether oxygens (including phenoxy) is 3. The number of carbonyl (C=O) groups is 1. The maximum atomic E-state index is 12.2. The molecule has 122 valence electrons. The van der Waals surface area contributed by atoms with Gasteiger partial charge in [0.05, 0.1) is 26.7 Å². The van der Waals surface area contributed by atoms with E-state index in [0.29, 0.717) is 19.3 Å². The van der Waals surface area contributed by atoms with Gasteiger partial charge in [-0.15, -0.1) is 0 Å². The zero-order valence-corrected chi connectivity index (χ0v) is 13.9. The third-order valence-electron chi connectivity index (χ3n) is 4.56. The van der Waals surface area contributed by atoms with Gasteiger partial charge in [0, 0.05) is 23.3 Å². The third kappa shape index (κ3) is 2.43. The summed E-state index contributed by atoms with van der Waals surface area (Å²) in [5.74, 6) is 1.32. The molecule has 1 N–H and O–H groups in total. The topological polar surface area (TPSA) is 65.0 Å². The average molecular weight is 308 g/mol. The Morgan fingerprint density at radius 3 is 2.14 bits per heavy atom. The fraction of sp³-hybridized carbons (Fsp3) is 0.588. The zero-order chi connectivity index (χ0) is 16.5. The van der Waals surface area contributed by atoms with Crippen molar-refractivity contribution in [2.24, 2.45) is 5.41 Å². The van der Waals surface area contributed by atoms with Crippen LogP contribution in [0.25, 0.3) is 0 Å². The first-order valence-corrected chi connectivity index (χ1v) is 7.38. The Bertz CT molecular complexity index is 593. The Labute approximate surface area is 131 Å². The van der Waals surface area contributed by atoms with E-state index >= 15 is 0 Å². The molecule has 5 heteroatoms. The van der Waals surface area contributed by atoms with E-state index in [-0.39, 0.29) is 12.6 Å². The average Bonchev–Trinajstić information content (AvgIpc) is 2.86. The molecular formula is C17H24O5. The number of esters is 1. The molecule has 0 saturated heterocycles. The Kier molecular flexibility index (Phi) is 4.66. The Balaban J connectivity index is 2.64. The largest absolute Gasteiger partial charge is 0.496 e. The third-order valence-corrected chi connectivity index (χ3v) is 4.56. The minimum atomic E-state index is -0.609. The fourth-order valence-corrected chi connectivity index (χ4v) is 3.53. The number of aliphatic hydroxyl groups excluding tert-OH is 1. The normalized spacial score (nSPS) is 19.7. The van der Waals surface area contributed by atoms with Crippen molar-refractivity contribution in [2.75, 3.05) is 27.9 Å². The van der Waals surface area contributed by atoms with Gasteiger partial charge in [-0.05, 0) is 38.7 Å². The SMILES string of the molecule is COC(=O)[C@@]1(C)Cc2c(c(OC)c(CCO)c(C)c2OC)C1. The van der Waals surface area contributed by atoms with E-state index in [1.165, 1.54) is 7.11 Å². The number of rotatable bonds is 5. The van der Waals surface area contributed by atoms with Crippen molar-refractivity contribution in [3.8, 4) is 11.5 Å². The van der Waals surface area contributed by atoms with Crippen LogP contribution >= 0.6 is 0 Å². The molecule has 0 aromatic heterocycles. The van der Waals surface area contributed by atoms with E-state index in [4.69, 9.17) is 14.2 Å². The van der Waals surface area contributed by atoms with Gasteiger partial charge < -0.3 is 19.3 Å². The van der Waals surface area contributed by atoms with Crippen LogP contribution in [0.15, 0.2) is 0 Å². The lowest BCUT2D eigenvalue weighted by molar-refractivity contribution is -0.151. The predicted octanol–water partition coefficient (Wildman–Crippen LogP) is 1.82. The smallest absolute Gasteiger partial charge is 0.312 e. The van der Waals surface area contributed by atoms with Gasteiger partial charge >= 0.3 is 5.97 Å². The van der Waals surface area contributed by atoms with E-state index in [1.807, 2.05) is 13.8 Å². The molecular weight excluding hydrogens is 284 g/mol. The van der Waals surface area contributed by atoms with Crippen molar-refractivity contribution in [1.82, 2.24) is 0 Å². The second kappa shape index (κ2) is 6.16. The summed E-state index contributed by atoms with van der Waals surface area (Å²) < 4.78 is 16.2. The highest BCUT2D eigenvalue weighted by Gasteiger charge is 2.44. The number of aliphatic hydroxyl groups is 1. The molecule has 1 aromatic carbocycles. The van der Waals surface area contributed by atoms with Gasteiger partial charge in [-0.1, -0.05) is 0 Å². The summed E-state index contributed by atoms with van der Waals surface area (Å²) in [4.78, 5) is 12.2. The highest BCUT2D eigenvalue weighted by Crippen LogP contribution is 2.49. The number of benzene rings is 1. The highest BCUT2D eigenvalue weighted by molar-refractivity contribution is 5.80. The first kappa shape index (κ1) is 16.6. The van der Waals surface area contributed by atoms with Crippen molar-refractivity contribution in [3.05, 3.63) is 22.3 Å². The molecule has 1 aliphatic rings. The standard InChI is InChI=1S/C17H24O5/c1-10-11(6-7-18)15(21-4)13-9-17(2,16(19)22-5)8-12(13)14(10)20-3/h18H,6-9H2,1-5H3/t17-/m0/s1. The molecule has 0 radical (unpaired) electrons. The maximum Gasteiger partial charge on any atom is 0.312 e. The van der Waals surface area contributed by atoms with Gasteiger partial charge in [0.2, 0.25) is 0 Å². The lowest BCUT2D eigenvalue weighted by atomic mass is 9.87. The second-order valence-corrected chi connectivity index (χ2v) is 6.01. The summed E-state index contributed by atoms with van der Waals surface area (Å²) >= 11 is 0. The Morgan fingerprint density at radius 1 is 1.14 bits per heavy atom. The van der Waals surface area contributed by atoms with Crippen LogP contribution in [-0.2, 0) is 28.8 Å². The molecule has 2 rings (SSSR count). The molecule has 0 aliphatic heterocycles. The molecule has 0 amide bonds. The van der Waals surface area contributed by atoms with Crippen molar-refractivity contribution in [3.63, 3.8) is 0 Å². The minimum Gasteiger partial charge on any atom is -0.496 e. The van der Waals surface area contributed by atoms with Gasteiger partial charge in [0.15, 0.2) is 0 Å². The van der Waals surface area contributed by atoms with Gasteiger partial charge in [-0.3, -0.25) is 4.79 Å². The van der Waals surface area contributed by atoms with Crippen LogP contribution in [-0.4, -0.2) is 39.0 Å². The number of methoxy groups -OCH3 is 3. The van der Waals surface area contributed by atoms with Crippen LogP contribution in [0.1, 0.15) is 29.2 Å². The van der Waals surface area contributed by atoms with Gasteiger partial charge in [-0.2, -0.15) is 0 Å². The Morgan fingerprint density at radius 2 is 1.68 bits per heavy atom. The molecule has 22 heavy (non-hydrogen) atoms. The molecule has 1 atom stereocenters. The van der Waals surface area contributed by atoms with Crippen LogP contribution in [0.4, 0.5) is 0 Å². The lowest BCUT2D eigenvalue weighted by Crippen LogP contribution is -2.29. The molecule has 0 bridgehead atoms. The Hall–Kier alpha value is -1.75. The van der Waals surface area contributed by atoms with Gasteiger partial charge in [-0.25, -0.2) is 0 Å². The van der Waals surface area contributed by atoms with Crippen molar-refractivity contribution in [2.45, 2.75) is 33.1 Å². The summed E-state index contributed by atoms with van der Waals surface area (Å²) in [5.41, 5.74) is 3.28. The number of fused-ring (bicyclic) bond motifs is 1. The predicted molar refractivity (Wildman–Crippen MR) is 82.6 cm³/mol. The minimum absolute atomic E-state index is 0.0351.